The van der Waals surface area contributed by atoms with Crippen molar-refractivity contribution in [2.75, 3.05) is 7.11 Å². The van der Waals surface area contributed by atoms with Crippen molar-refractivity contribution in [2.45, 2.75) is 36.9 Å². The van der Waals surface area contributed by atoms with E-state index in [0.717, 1.165) is 24.9 Å². The Morgan fingerprint density at radius 2 is 1.85 bits per heavy atom. The lowest BCUT2D eigenvalue weighted by Crippen LogP contribution is -2.35. The number of benzene rings is 1. The summed E-state index contributed by atoms with van der Waals surface area (Å²) in [6.07, 6.45) is 0.469. The number of nitrogens with zero attached hydrogens (tertiary/aromatic N) is 1. The molecule has 0 saturated heterocycles. The number of esters is 1. The Bertz CT molecular complexity index is 1020. The molecular weight excluding hydrogens is 377 g/mol. The highest BCUT2D eigenvalue weighted by Gasteiger charge is 2.32. The van der Waals surface area contributed by atoms with Crippen molar-refractivity contribution in [2.24, 2.45) is 0 Å². The predicted octanol–water partition coefficient (Wildman–Crippen LogP) is 2.38. The van der Waals surface area contributed by atoms with E-state index in [0.29, 0.717) is 0 Å². The molecule has 0 aliphatic heterocycles. The van der Waals surface area contributed by atoms with Crippen molar-refractivity contribution < 1.29 is 26.5 Å². The van der Waals surface area contributed by atoms with Crippen LogP contribution in [0.5, 0.6) is 5.75 Å². The first-order valence-corrected chi connectivity index (χ1v) is 9.62. The van der Waals surface area contributed by atoms with Gasteiger partial charge in [-0.05, 0) is 31.9 Å². The van der Waals surface area contributed by atoms with Gasteiger partial charge in [-0.3, -0.25) is 4.79 Å². The Hall–Kier alpha value is -2.68. The molecule has 0 spiro atoms. The van der Waals surface area contributed by atoms with Crippen LogP contribution in [0.15, 0.2) is 46.2 Å². The molecule has 144 valence electrons. The van der Waals surface area contributed by atoms with Crippen molar-refractivity contribution in [1.29, 1.82) is 0 Å². The molecule has 0 amide bonds. The van der Waals surface area contributed by atoms with E-state index in [1.165, 1.54) is 16.7 Å². The van der Waals surface area contributed by atoms with Crippen LogP contribution in [0.2, 0.25) is 0 Å². The molecular formula is C18H18FNO6S. The summed E-state index contributed by atoms with van der Waals surface area (Å²) in [6, 6.07) is 6.43. The largest absolute Gasteiger partial charge is 0.465 e. The zero-order valence-electron chi connectivity index (χ0n) is 14.7. The summed E-state index contributed by atoms with van der Waals surface area (Å²) in [5.41, 5.74) is 0.0437. The third-order valence-electron chi connectivity index (χ3n) is 4.41. The van der Waals surface area contributed by atoms with Crippen molar-refractivity contribution in [3.63, 3.8) is 0 Å². The van der Waals surface area contributed by atoms with E-state index in [9.17, 15) is 22.4 Å². The number of aromatic nitrogens is 1. The topological polar surface area (TPSA) is 91.7 Å². The first-order chi connectivity index (χ1) is 12.7. The van der Waals surface area contributed by atoms with Gasteiger partial charge in [-0.15, -0.1) is 0 Å². The fraction of sp³-hybridized carbons (Fsp3) is 0.333. The van der Waals surface area contributed by atoms with Crippen LogP contribution in [0.1, 0.15) is 34.8 Å². The van der Waals surface area contributed by atoms with Gasteiger partial charge >= 0.3 is 16.1 Å². The summed E-state index contributed by atoms with van der Waals surface area (Å²) in [5.74, 6) is -1.30. The molecule has 9 heteroatoms. The Morgan fingerprint density at radius 3 is 2.41 bits per heavy atom. The standard InChI is InChI=1S/C18H18FNO6S/c1-11-3-5-14(6-4-11)27(23,24)26-16-9-17(21)20(13-7-12(19)8-13)10-15(16)18(22)25-2/h3-6,9-10,12-13H,7-8H2,1-2H3/t12-,13-. The second-order valence-electron chi connectivity index (χ2n) is 6.36. The average Bonchev–Trinajstić information content (AvgIpc) is 2.59. The highest BCUT2D eigenvalue weighted by atomic mass is 32.2. The van der Waals surface area contributed by atoms with Gasteiger partial charge in [0.05, 0.1) is 7.11 Å². The molecule has 0 unspecified atom stereocenters. The number of aryl methyl sites for hydroxylation is 1. The number of rotatable bonds is 5. The minimum atomic E-state index is -4.26. The van der Waals surface area contributed by atoms with E-state index < -0.39 is 39.6 Å². The molecule has 7 nitrogen and oxygen atoms in total. The molecule has 1 saturated carbocycles. The van der Waals surface area contributed by atoms with Gasteiger partial charge < -0.3 is 13.5 Å². The third kappa shape index (κ3) is 3.87. The van der Waals surface area contributed by atoms with E-state index in [4.69, 9.17) is 4.18 Å². The molecule has 0 radical (unpaired) electrons. The van der Waals surface area contributed by atoms with E-state index in [1.54, 1.807) is 19.1 Å². The number of carbonyl (C=O) groups is 1. The van der Waals surface area contributed by atoms with Crippen LogP contribution in [0.3, 0.4) is 0 Å². The van der Waals surface area contributed by atoms with Crippen molar-refractivity contribution in [1.82, 2.24) is 4.57 Å². The molecule has 2 aromatic rings. The summed E-state index contributed by atoms with van der Waals surface area (Å²) in [7, 11) is -3.14. The zero-order chi connectivity index (χ0) is 19.8. The van der Waals surface area contributed by atoms with E-state index in [2.05, 4.69) is 4.74 Å². The summed E-state index contributed by atoms with van der Waals surface area (Å²) < 4.78 is 49.0. The molecule has 0 bridgehead atoms. The number of methoxy groups -OCH3 is 1. The van der Waals surface area contributed by atoms with Gasteiger partial charge in [0.2, 0.25) is 0 Å². The summed E-state index contributed by atoms with van der Waals surface area (Å²) in [5, 5.41) is 0. The van der Waals surface area contributed by atoms with Crippen molar-refractivity contribution in [3.05, 3.63) is 58.0 Å². The number of hydrogen-bond donors (Lipinski definition) is 0. The SMILES string of the molecule is COC(=O)c1cn([C@H]2C[C@H](F)C2)c(=O)cc1OS(=O)(=O)c1ccc(C)cc1. The zero-order valence-corrected chi connectivity index (χ0v) is 15.5. The van der Waals surface area contributed by atoms with Gasteiger partial charge in [0.15, 0.2) is 5.75 Å². The van der Waals surface area contributed by atoms with Crippen LogP contribution in [-0.4, -0.2) is 32.2 Å². The van der Waals surface area contributed by atoms with Crippen LogP contribution >= 0.6 is 0 Å². The average molecular weight is 395 g/mol. The van der Waals surface area contributed by atoms with Crippen LogP contribution in [0, 0.1) is 6.92 Å². The molecule has 27 heavy (non-hydrogen) atoms. The maximum absolute atomic E-state index is 13.1. The number of ether oxygens (including phenoxy) is 1. The molecule has 1 aromatic heterocycles. The van der Waals surface area contributed by atoms with Gasteiger partial charge in [-0.2, -0.15) is 8.42 Å². The quantitative estimate of drug-likeness (QED) is 0.570. The van der Waals surface area contributed by atoms with Crippen molar-refractivity contribution >= 4 is 16.1 Å². The minimum absolute atomic E-state index is 0.118. The third-order valence-corrected chi connectivity index (χ3v) is 5.65. The second-order valence-corrected chi connectivity index (χ2v) is 7.91. The van der Waals surface area contributed by atoms with Crippen LogP contribution < -0.4 is 9.74 Å². The molecule has 3 rings (SSSR count). The van der Waals surface area contributed by atoms with Gasteiger partial charge in [0, 0.05) is 18.3 Å². The molecule has 0 N–H and O–H groups in total. The Balaban J connectivity index is 2.01. The minimum Gasteiger partial charge on any atom is -0.465 e. The number of halogens is 1. The van der Waals surface area contributed by atoms with Crippen LogP contribution in [0.4, 0.5) is 4.39 Å². The second kappa shape index (κ2) is 7.15. The van der Waals surface area contributed by atoms with Gasteiger partial charge in [-0.25, -0.2) is 9.18 Å². The monoisotopic (exact) mass is 395 g/mol. The fourth-order valence-electron chi connectivity index (χ4n) is 2.77. The Morgan fingerprint density at radius 1 is 1.22 bits per heavy atom. The molecule has 1 fully saturated rings. The first kappa shape index (κ1) is 19.1. The van der Waals surface area contributed by atoms with Gasteiger partial charge in [0.25, 0.3) is 5.56 Å². The lowest BCUT2D eigenvalue weighted by Gasteiger charge is -2.31. The predicted molar refractivity (Wildman–Crippen MR) is 94.2 cm³/mol. The first-order valence-electron chi connectivity index (χ1n) is 8.21. The maximum atomic E-state index is 13.1. The Kier molecular flexibility index (Phi) is 5.05. The lowest BCUT2D eigenvalue weighted by atomic mass is 9.90. The number of alkyl halides is 1. The van der Waals surface area contributed by atoms with Crippen LogP contribution in [0.25, 0.3) is 0 Å². The fourth-order valence-corrected chi connectivity index (χ4v) is 3.71. The van der Waals surface area contributed by atoms with Crippen LogP contribution in [-0.2, 0) is 14.9 Å². The number of pyridine rings is 1. The highest BCUT2D eigenvalue weighted by molar-refractivity contribution is 7.87. The summed E-state index contributed by atoms with van der Waals surface area (Å²) in [4.78, 5) is 24.3. The molecule has 1 heterocycles. The normalized spacial score (nSPS) is 19.2. The van der Waals surface area contributed by atoms with E-state index in [1.807, 2.05) is 0 Å². The molecule has 1 aliphatic rings. The highest BCUT2D eigenvalue weighted by Crippen LogP contribution is 2.34. The molecule has 1 aliphatic carbocycles. The molecule has 1 aromatic carbocycles. The van der Waals surface area contributed by atoms with Gasteiger partial charge in [0.1, 0.15) is 16.6 Å². The van der Waals surface area contributed by atoms with Gasteiger partial charge in [-0.1, -0.05) is 17.7 Å². The number of hydrogen-bond acceptors (Lipinski definition) is 6. The summed E-state index contributed by atoms with van der Waals surface area (Å²) in [6.45, 7) is 1.80. The van der Waals surface area contributed by atoms with Crippen molar-refractivity contribution in [3.8, 4) is 5.75 Å². The van der Waals surface area contributed by atoms with E-state index in [-0.39, 0.29) is 23.3 Å². The lowest BCUT2D eigenvalue weighted by molar-refractivity contribution is 0.0596. The molecule has 0 atom stereocenters. The Labute approximate surface area is 155 Å². The maximum Gasteiger partial charge on any atom is 0.343 e. The number of carbonyl (C=O) groups excluding carboxylic acids is 1. The smallest absolute Gasteiger partial charge is 0.343 e. The summed E-state index contributed by atoms with van der Waals surface area (Å²) >= 11 is 0. The van der Waals surface area contributed by atoms with E-state index >= 15 is 0 Å².